The van der Waals surface area contributed by atoms with Crippen LogP contribution in [0.25, 0.3) is 0 Å². The predicted octanol–water partition coefficient (Wildman–Crippen LogP) is 2.96. The molecule has 0 radical (unpaired) electrons. The average Bonchev–Trinajstić information content (AvgIpc) is 2.50. The van der Waals surface area contributed by atoms with Crippen LogP contribution in [0.5, 0.6) is 5.75 Å². The molecule has 5 heteroatoms. The number of piperazine rings is 1. The van der Waals surface area contributed by atoms with Crippen molar-refractivity contribution >= 4 is 11.6 Å². The van der Waals surface area contributed by atoms with Gasteiger partial charge in [-0.2, -0.15) is 0 Å². The van der Waals surface area contributed by atoms with Crippen LogP contribution in [0, 0.1) is 5.92 Å². The van der Waals surface area contributed by atoms with Crippen LogP contribution in [0.2, 0.25) is 5.02 Å². The molecule has 0 spiro atoms. The van der Waals surface area contributed by atoms with E-state index in [9.17, 15) is 10.2 Å². The molecule has 1 fully saturated rings. The first kappa shape index (κ1) is 18.5. The summed E-state index contributed by atoms with van der Waals surface area (Å²) in [4.78, 5) is 4.94. The van der Waals surface area contributed by atoms with E-state index >= 15 is 0 Å². The summed E-state index contributed by atoms with van der Waals surface area (Å²) in [5.74, 6) is 0.842. The minimum Gasteiger partial charge on any atom is -0.506 e. The van der Waals surface area contributed by atoms with E-state index < -0.39 is 0 Å². The molecule has 2 N–H and O–H groups in total. The molecule has 23 heavy (non-hydrogen) atoms. The first-order chi connectivity index (χ1) is 11.0. The summed E-state index contributed by atoms with van der Waals surface area (Å²) in [5, 5.41) is 19.3. The maximum atomic E-state index is 9.52. The normalized spacial score (nSPS) is 20.3. The van der Waals surface area contributed by atoms with Gasteiger partial charge in [0.05, 0.1) is 5.02 Å². The van der Waals surface area contributed by atoms with Crippen molar-refractivity contribution in [2.75, 3.05) is 32.8 Å². The summed E-state index contributed by atoms with van der Waals surface area (Å²) < 4.78 is 0. The van der Waals surface area contributed by atoms with Crippen molar-refractivity contribution in [3.05, 3.63) is 28.8 Å². The van der Waals surface area contributed by atoms with Crippen LogP contribution in [-0.2, 0) is 6.54 Å². The Morgan fingerprint density at radius 2 is 2.09 bits per heavy atom. The number of nitrogens with zero attached hydrogens (tertiary/aromatic N) is 2. The van der Waals surface area contributed by atoms with Crippen molar-refractivity contribution in [3.8, 4) is 5.75 Å². The summed E-state index contributed by atoms with van der Waals surface area (Å²) in [6.45, 7) is 9.74. The van der Waals surface area contributed by atoms with Crippen molar-refractivity contribution in [1.29, 1.82) is 0 Å². The van der Waals surface area contributed by atoms with Crippen molar-refractivity contribution < 1.29 is 10.2 Å². The Morgan fingerprint density at radius 3 is 2.74 bits per heavy atom. The van der Waals surface area contributed by atoms with E-state index in [0.29, 0.717) is 17.0 Å². The average molecular weight is 341 g/mol. The fourth-order valence-corrected chi connectivity index (χ4v) is 3.35. The molecular formula is C18H29ClN2O2. The second kappa shape index (κ2) is 8.88. The van der Waals surface area contributed by atoms with Gasteiger partial charge in [0, 0.05) is 38.8 Å². The highest BCUT2D eigenvalue weighted by Crippen LogP contribution is 2.25. The van der Waals surface area contributed by atoms with E-state index in [4.69, 9.17) is 11.6 Å². The molecule has 1 saturated heterocycles. The van der Waals surface area contributed by atoms with Gasteiger partial charge in [0.2, 0.25) is 0 Å². The molecule has 1 aromatic carbocycles. The van der Waals surface area contributed by atoms with Crippen LogP contribution < -0.4 is 0 Å². The van der Waals surface area contributed by atoms with E-state index in [0.717, 1.165) is 44.7 Å². The SMILES string of the molecule is CC(C)CCN1CCN(Cc2ccc(O)c(Cl)c2)C[C@@H]1CCO. The second-order valence-corrected chi connectivity index (χ2v) is 7.31. The first-order valence-corrected chi connectivity index (χ1v) is 8.92. The van der Waals surface area contributed by atoms with E-state index in [1.54, 1.807) is 6.07 Å². The lowest BCUT2D eigenvalue weighted by molar-refractivity contribution is 0.0524. The van der Waals surface area contributed by atoms with Crippen molar-refractivity contribution in [2.45, 2.75) is 39.3 Å². The van der Waals surface area contributed by atoms with Gasteiger partial charge in [0.1, 0.15) is 5.75 Å². The maximum Gasteiger partial charge on any atom is 0.134 e. The van der Waals surface area contributed by atoms with Crippen molar-refractivity contribution in [1.82, 2.24) is 9.80 Å². The Bertz CT molecular complexity index is 496. The number of aliphatic hydroxyl groups is 1. The number of aliphatic hydroxyl groups excluding tert-OH is 1. The monoisotopic (exact) mass is 340 g/mol. The van der Waals surface area contributed by atoms with Crippen LogP contribution >= 0.6 is 11.6 Å². The molecule has 0 aliphatic carbocycles. The molecule has 1 aliphatic heterocycles. The van der Waals surface area contributed by atoms with Crippen molar-refractivity contribution in [2.24, 2.45) is 5.92 Å². The van der Waals surface area contributed by atoms with Gasteiger partial charge in [-0.25, -0.2) is 0 Å². The summed E-state index contributed by atoms with van der Waals surface area (Å²) in [6.07, 6.45) is 2.03. The number of hydrogen-bond acceptors (Lipinski definition) is 4. The van der Waals surface area contributed by atoms with Gasteiger partial charge >= 0.3 is 0 Å². The third-order valence-electron chi connectivity index (χ3n) is 4.56. The Labute approximate surface area is 144 Å². The standard InChI is InChI=1S/C18H29ClN2O2/c1-14(2)5-7-21-9-8-20(13-16(21)6-10-22)12-15-3-4-18(23)17(19)11-15/h3-4,11,14,16,22-23H,5-10,12-13H2,1-2H3/t16-/m0/s1. The number of benzene rings is 1. The van der Waals surface area contributed by atoms with Crippen LogP contribution in [0.1, 0.15) is 32.3 Å². The van der Waals surface area contributed by atoms with Crippen LogP contribution in [0.4, 0.5) is 0 Å². The highest BCUT2D eigenvalue weighted by Gasteiger charge is 2.26. The molecule has 130 valence electrons. The van der Waals surface area contributed by atoms with Gasteiger partial charge in [-0.1, -0.05) is 31.5 Å². The number of phenolic OH excluding ortho intramolecular Hbond substituents is 1. The molecule has 0 amide bonds. The smallest absolute Gasteiger partial charge is 0.134 e. The lowest BCUT2D eigenvalue weighted by Crippen LogP contribution is -2.53. The van der Waals surface area contributed by atoms with Crippen LogP contribution in [0.15, 0.2) is 18.2 Å². The quantitative estimate of drug-likeness (QED) is 0.801. The fraction of sp³-hybridized carbons (Fsp3) is 0.667. The fourth-order valence-electron chi connectivity index (χ4n) is 3.15. The zero-order chi connectivity index (χ0) is 16.8. The lowest BCUT2D eigenvalue weighted by atomic mass is 10.0. The Kier molecular flexibility index (Phi) is 7.15. The molecule has 1 heterocycles. The van der Waals surface area contributed by atoms with E-state index in [2.05, 4.69) is 23.6 Å². The Hall–Kier alpha value is -0.810. The number of rotatable bonds is 7. The zero-order valence-electron chi connectivity index (χ0n) is 14.2. The predicted molar refractivity (Wildman–Crippen MR) is 94.9 cm³/mol. The van der Waals surface area contributed by atoms with Gasteiger partial charge in [-0.15, -0.1) is 0 Å². The molecular weight excluding hydrogens is 312 g/mol. The van der Waals surface area contributed by atoms with Crippen molar-refractivity contribution in [3.63, 3.8) is 0 Å². The van der Waals surface area contributed by atoms with E-state index in [1.807, 2.05) is 12.1 Å². The molecule has 0 unspecified atom stereocenters. The number of halogens is 1. The van der Waals surface area contributed by atoms with Gasteiger partial charge in [-0.3, -0.25) is 9.80 Å². The molecule has 1 atom stereocenters. The highest BCUT2D eigenvalue weighted by molar-refractivity contribution is 6.32. The van der Waals surface area contributed by atoms with E-state index in [-0.39, 0.29) is 12.4 Å². The molecule has 0 saturated carbocycles. The molecule has 2 rings (SSSR count). The Balaban J connectivity index is 1.93. The minimum atomic E-state index is 0.132. The van der Waals surface area contributed by atoms with Gasteiger partial charge < -0.3 is 10.2 Å². The van der Waals surface area contributed by atoms with Gasteiger partial charge in [0.25, 0.3) is 0 Å². The third kappa shape index (κ3) is 5.64. The molecule has 0 bridgehead atoms. The molecule has 0 aromatic heterocycles. The van der Waals surface area contributed by atoms with Gasteiger partial charge in [-0.05, 0) is 43.0 Å². The third-order valence-corrected chi connectivity index (χ3v) is 4.87. The van der Waals surface area contributed by atoms with E-state index in [1.165, 1.54) is 6.42 Å². The summed E-state index contributed by atoms with van der Waals surface area (Å²) in [5.41, 5.74) is 1.12. The van der Waals surface area contributed by atoms with Crippen LogP contribution in [0.3, 0.4) is 0 Å². The largest absolute Gasteiger partial charge is 0.506 e. The number of phenols is 1. The first-order valence-electron chi connectivity index (χ1n) is 8.54. The number of hydrogen-bond donors (Lipinski definition) is 2. The second-order valence-electron chi connectivity index (χ2n) is 6.91. The maximum absolute atomic E-state index is 9.52. The minimum absolute atomic E-state index is 0.132. The van der Waals surface area contributed by atoms with Crippen LogP contribution in [-0.4, -0.2) is 58.8 Å². The summed E-state index contributed by atoms with van der Waals surface area (Å²) >= 11 is 5.99. The highest BCUT2D eigenvalue weighted by atomic mass is 35.5. The summed E-state index contributed by atoms with van der Waals surface area (Å²) in [6, 6.07) is 5.83. The molecule has 4 nitrogen and oxygen atoms in total. The van der Waals surface area contributed by atoms with Gasteiger partial charge in [0.15, 0.2) is 0 Å². The Morgan fingerprint density at radius 1 is 1.30 bits per heavy atom. The summed E-state index contributed by atoms with van der Waals surface area (Å²) in [7, 11) is 0. The zero-order valence-corrected chi connectivity index (χ0v) is 15.0. The topological polar surface area (TPSA) is 46.9 Å². The lowest BCUT2D eigenvalue weighted by Gasteiger charge is -2.41. The molecule has 1 aliphatic rings. The number of aromatic hydroxyl groups is 1. The molecule has 1 aromatic rings.